The second-order valence-corrected chi connectivity index (χ2v) is 6.64. The number of hydrogen-bond donors (Lipinski definition) is 1. The molecule has 0 atom stereocenters. The maximum absolute atomic E-state index is 12.3. The third kappa shape index (κ3) is 2.61. The van der Waals surface area contributed by atoms with E-state index < -0.39 is 10.0 Å². The molecule has 0 aromatic heterocycles. The number of amidine groups is 1. The van der Waals surface area contributed by atoms with Crippen LogP contribution in [-0.4, -0.2) is 68.4 Å². The Kier molecular flexibility index (Phi) is 3.35. The Morgan fingerprint density at radius 3 is 2.70 bits per heavy atom. The topological polar surface area (TPSA) is 82.1 Å². The van der Waals surface area contributed by atoms with Gasteiger partial charge in [-0.05, 0) is 12.2 Å². The lowest BCUT2D eigenvalue weighted by atomic mass is 10.1. The number of fused-ring (bicyclic) bond motifs is 1. The molecule has 0 spiro atoms. The fourth-order valence-corrected chi connectivity index (χ4v) is 3.35. The van der Waals surface area contributed by atoms with Gasteiger partial charge in [-0.1, -0.05) is 0 Å². The highest BCUT2D eigenvalue weighted by molar-refractivity contribution is 7.90. The Morgan fingerprint density at radius 1 is 1.20 bits per heavy atom. The third-order valence-electron chi connectivity index (χ3n) is 3.48. The minimum atomic E-state index is -3.35. The lowest BCUT2D eigenvalue weighted by molar-refractivity contribution is -0.127. The van der Waals surface area contributed by atoms with Crippen LogP contribution in [0.3, 0.4) is 0 Å². The van der Waals surface area contributed by atoms with Gasteiger partial charge in [0, 0.05) is 38.9 Å². The van der Waals surface area contributed by atoms with E-state index >= 15 is 0 Å². The Bertz CT molecular complexity index is 615. The first-order valence-corrected chi connectivity index (χ1v) is 8.15. The van der Waals surface area contributed by atoms with Crippen molar-refractivity contribution in [2.24, 2.45) is 4.40 Å². The highest BCUT2D eigenvalue weighted by Crippen LogP contribution is 2.17. The van der Waals surface area contributed by atoms with Gasteiger partial charge < -0.3 is 15.1 Å². The molecule has 20 heavy (non-hydrogen) atoms. The summed E-state index contributed by atoms with van der Waals surface area (Å²) in [4.78, 5) is 15.9. The molecule has 1 saturated heterocycles. The molecule has 3 heterocycles. The minimum absolute atomic E-state index is 0.0179. The number of sulfonamides is 1. The van der Waals surface area contributed by atoms with Crippen LogP contribution in [0, 0.1) is 0 Å². The molecule has 0 bridgehead atoms. The Labute approximate surface area is 117 Å². The van der Waals surface area contributed by atoms with Crippen molar-refractivity contribution >= 4 is 21.8 Å². The summed E-state index contributed by atoms with van der Waals surface area (Å²) in [5.41, 5.74) is 0.574. The molecule has 0 aromatic rings. The number of carbonyl (C=O) groups excluding carboxylic acids is 1. The molecule has 3 rings (SSSR count). The highest BCUT2D eigenvalue weighted by atomic mass is 32.2. The normalized spacial score (nSPS) is 24.8. The number of amides is 1. The van der Waals surface area contributed by atoms with Gasteiger partial charge in [-0.25, -0.2) is 8.42 Å². The van der Waals surface area contributed by atoms with Crippen molar-refractivity contribution in [3.63, 3.8) is 0 Å². The molecule has 0 radical (unpaired) electrons. The molecular weight excluding hydrogens is 280 g/mol. The predicted molar refractivity (Wildman–Crippen MR) is 74.6 cm³/mol. The fraction of sp³-hybridized carbons (Fsp3) is 0.500. The molecular formula is C12H16N4O3S. The van der Waals surface area contributed by atoms with Crippen LogP contribution in [0.5, 0.6) is 0 Å². The van der Waals surface area contributed by atoms with Crippen LogP contribution in [0.25, 0.3) is 0 Å². The summed E-state index contributed by atoms with van der Waals surface area (Å²) in [7, 11) is -3.35. The summed E-state index contributed by atoms with van der Waals surface area (Å²) >= 11 is 0. The lowest BCUT2D eigenvalue weighted by Gasteiger charge is -2.31. The van der Waals surface area contributed by atoms with Crippen LogP contribution in [0.2, 0.25) is 0 Å². The molecule has 1 N–H and O–H groups in total. The molecule has 0 unspecified atom stereocenters. The molecule has 108 valence electrons. The lowest BCUT2D eigenvalue weighted by Crippen LogP contribution is -2.47. The first-order valence-electron chi connectivity index (χ1n) is 6.54. The van der Waals surface area contributed by atoms with E-state index in [9.17, 15) is 13.2 Å². The zero-order chi connectivity index (χ0) is 14.2. The maximum Gasteiger partial charge on any atom is 0.256 e. The van der Waals surface area contributed by atoms with E-state index in [1.807, 2.05) is 0 Å². The maximum atomic E-state index is 12.3. The molecule has 0 aliphatic carbocycles. The van der Waals surface area contributed by atoms with Gasteiger partial charge in [-0.2, -0.15) is 0 Å². The average molecular weight is 296 g/mol. The van der Waals surface area contributed by atoms with Crippen molar-refractivity contribution in [2.45, 2.75) is 0 Å². The van der Waals surface area contributed by atoms with Crippen LogP contribution in [-0.2, 0) is 14.8 Å². The van der Waals surface area contributed by atoms with E-state index in [-0.39, 0.29) is 11.7 Å². The van der Waals surface area contributed by atoms with Crippen LogP contribution in [0.1, 0.15) is 0 Å². The van der Waals surface area contributed by atoms with Gasteiger partial charge in [-0.3, -0.25) is 4.79 Å². The number of nitrogens with one attached hydrogen (secondary N) is 1. The predicted octanol–water partition coefficient (Wildman–Crippen LogP) is -1.08. The zero-order valence-electron chi connectivity index (χ0n) is 10.9. The molecule has 0 aromatic carbocycles. The first kappa shape index (κ1) is 13.3. The third-order valence-corrected chi connectivity index (χ3v) is 4.64. The van der Waals surface area contributed by atoms with Crippen molar-refractivity contribution in [1.82, 2.24) is 15.1 Å². The van der Waals surface area contributed by atoms with Crippen molar-refractivity contribution in [3.8, 4) is 0 Å². The molecule has 1 amide bonds. The van der Waals surface area contributed by atoms with Gasteiger partial charge in [0.05, 0.1) is 11.3 Å². The zero-order valence-corrected chi connectivity index (χ0v) is 11.8. The Balaban J connectivity index is 1.79. The largest absolute Gasteiger partial charge is 0.336 e. The van der Waals surface area contributed by atoms with Crippen molar-refractivity contribution < 1.29 is 13.2 Å². The highest BCUT2D eigenvalue weighted by Gasteiger charge is 2.26. The van der Waals surface area contributed by atoms with E-state index in [0.29, 0.717) is 31.0 Å². The number of piperazine rings is 1. The average Bonchev–Trinajstić information content (AvgIpc) is 2.46. The molecule has 1 fully saturated rings. The smallest absolute Gasteiger partial charge is 0.256 e. The summed E-state index contributed by atoms with van der Waals surface area (Å²) in [5.74, 6) is 0.346. The van der Waals surface area contributed by atoms with Gasteiger partial charge in [-0.15, -0.1) is 4.40 Å². The van der Waals surface area contributed by atoms with Gasteiger partial charge in [0.25, 0.3) is 15.9 Å². The molecule has 3 aliphatic rings. The number of carbonyl (C=O) groups is 1. The van der Waals surface area contributed by atoms with Crippen molar-refractivity contribution in [1.29, 1.82) is 0 Å². The summed E-state index contributed by atoms with van der Waals surface area (Å²) in [6, 6.07) is 0. The van der Waals surface area contributed by atoms with E-state index in [0.717, 1.165) is 13.1 Å². The minimum Gasteiger partial charge on any atom is -0.336 e. The van der Waals surface area contributed by atoms with Gasteiger partial charge >= 0.3 is 0 Å². The van der Waals surface area contributed by atoms with Gasteiger partial charge in [0.1, 0.15) is 5.84 Å². The van der Waals surface area contributed by atoms with Crippen molar-refractivity contribution in [2.75, 3.05) is 38.5 Å². The molecule has 8 heteroatoms. The van der Waals surface area contributed by atoms with E-state index in [1.165, 1.54) is 0 Å². The Morgan fingerprint density at radius 2 is 1.95 bits per heavy atom. The molecule has 0 saturated carbocycles. The van der Waals surface area contributed by atoms with Crippen LogP contribution >= 0.6 is 0 Å². The second-order valence-electron chi connectivity index (χ2n) is 4.89. The number of rotatable bonds is 1. The quantitative estimate of drug-likeness (QED) is 0.665. The molecule has 7 nitrogen and oxygen atoms in total. The Hall–Kier alpha value is -1.67. The monoisotopic (exact) mass is 296 g/mol. The number of hydrogen-bond acceptors (Lipinski definition) is 5. The van der Waals surface area contributed by atoms with Gasteiger partial charge in [0.15, 0.2) is 0 Å². The SMILES string of the molecule is O=C(C1=CN2CCS(=O)(=O)N=C2C=C1)N1CCNCC1. The summed E-state index contributed by atoms with van der Waals surface area (Å²) < 4.78 is 26.5. The van der Waals surface area contributed by atoms with E-state index in [2.05, 4.69) is 9.71 Å². The fourth-order valence-electron chi connectivity index (χ4n) is 2.38. The standard InChI is InChI=1S/C12H16N4O3S/c17-12(15-5-3-13-4-6-15)10-1-2-11-14-20(18,19)8-7-16(11)9-10/h1-2,9,13H,3-8H2. The summed E-state index contributed by atoms with van der Waals surface area (Å²) in [6.07, 6.45) is 4.92. The summed E-state index contributed by atoms with van der Waals surface area (Å²) in [6.45, 7) is 3.33. The van der Waals surface area contributed by atoms with Gasteiger partial charge in [0.2, 0.25) is 0 Å². The van der Waals surface area contributed by atoms with E-state index in [4.69, 9.17) is 0 Å². The molecule has 3 aliphatic heterocycles. The van der Waals surface area contributed by atoms with Crippen molar-refractivity contribution in [3.05, 3.63) is 23.9 Å². The first-order chi connectivity index (χ1) is 9.55. The summed E-state index contributed by atoms with van der Waals surface area (Å²) in [5, 5.41) is 3.20. The second kappa shape index (κ2) is 5.02. The van der Waals surface area contributed by atoms with Crippen LogP contribution in [0.15, 0.2) is 28.3 Å². The van der Waals surface area contributed by atoms with Crippen LogP contribution < -0.4 is 5.32 Å². The van der Waals surface area contributed by atoms with Crippen LogP contribution in [0.4, 0.5) is 0 Å². The van der Waals surface area contributed by atoms with E-state index in [1.54, 1.807) is 28.2 Å². The number of nitrogens with zero attached hydrogens (tertiary/aromatic N) is 3.